The van der Waals surface area contributed by atoms with E-state index in [9.17, 15) is 10.1 Å². The summed E-state index contributed by atoms with van der Waals surface area (Å²) >= 11 is 9.27. The van der Waals surface area contributed by atoms with Crippen LogP contribution in [0.5, 0.6) is 11.5 Å². The molecule has 3 aromatic rings. The number of carbonyl (C=O) groups is 1. The second kappa shape index (κ2) is 10.7. The van der Waals surface area contributed by atoms with Gasteiger partial charge in [-0.05, 0) is 60.2 Å². The molecule has 156 valence electrons. The lowest BCUT2D eigenvalue weighted by Crippen LogP contribution is -2.13. The summed E-state index contributed by atoms with van der Waals surface area (Å²) in [5.41, 5.74) is 2.04. The average molecular weight is 498 g/mol. The standard InChI is InChI=1S/C24H18BrClN2O3/c1-30-22-11-4-17(23(13-22)31-15-16-2-7-20(26)8-3-16)12-18(14-27)24(29)28-21-9-5-19(25)6-10-21/h2-13H,15H2,1H3,(H,28,29)/b18-12+. The first-order valence-electron chi connectivity index (χ1n) is 9.22. The number of benzene rings is 3. The molecular formula is C24H18BrClN2O3. The number of methoxy groups -OCH3 is 1. The molecule has 1 amide bonds. The van der Waals surface area contributed by atoms with Crippen LogP contribution in [0.15, 0.2) is 76.8 Å². The minimum absolute atomic E-state index is 0.0515. The average Bonchev–Trinajstić information content (AvgIpc) is 2.79. The van der Waals surface area contributed by atoms with Gasteiger partial charge in [-0.1, -0.05) is 39.7 Å². The van der Waals surface area contributed by atoms with Gasteiger partial charge in [-0.15, -0.1) is 0 Å². The van der Waals surface area contributed by atoms with Crippen LogP contribution in [-0.4, -0.2) is 13.0 Å². The summed E-state index contributed by atoms with van der Waals surface area (Å²) in [6, 6.07) is 21.5. The van der Waals surface area contributed by atoms with Crippen LogP contribution in [0, 0.1) is 11.3 Å². The van der Waals surface area contributed by atoms with Gasteiger partial charge in [0.25, 0.3) is 5.91 Å². The highest BCUT2D eigenvalue weighted by atomic mass is 79.9. The third-order valence-electron chi connectivity index (χ3n) is 4.30. The zero-order valence-electron chi connectivity index (χ0n) is 16.6. The number of nitrogens with zero attached hydrogens (tertiary/aromatic N) is 1. The van der Waals surface area contributed by atoms with Gasteiger partial charge in [0.2, 0.25) is 0 Å². The van der Waals surface area contributed by atoms with E-state index in [2.05, 4.69) is 21.2 Å². The fourth-order valence-corrected chi connectivity index (χ4v) is 3.05. The summed E-state index contributed by atoms with van der Waals surface area (Å²) in [7, 11) is 1.56. The van der Waals surface area contributed by atoms with E-state index in [4.69, 9.17) is 21.1 Å². The molecule has 0 aliphatic rings. The molecule has 3 rings (SSSR count). The number of ether oxygens (including phenoxy) is 2. The van der Waals surface area contributed by atoms with Crippen molar-refractivity contribution in [3.8, 4) is 17.6 Å². The molecule has 7 heteroatoms. The molecule has 0 bridgehead atoms. The van der Waals surface area contributed by atoms with Crippen LogP contribution in [0.1, 0.15) is 11.1 Å². The first kappa shape index (κ1) is 22.4. The number of nitriles is 1. The van der Waals surface area contributed by atoms with Crippen LogP contribution in [0.3, 0.4) is 0 Å². The van der Waals surface area contributed by atoms with Gasteiger partial charge >= 0.3 is 0 Å². The second-order valence-corrected chi connectivity index (χ2v) is 7.80. The van der Waals surface area contributed by atoms with E-state index < -0.39 is 5.91 Å². The third kappa shape index (κ3) is 6.35. The number of halogens is 2. The van der Waals surface area contributed by atoms with Crippen molar-refractivity contribution in [1.82, 2.24) is 0 Å². The SMILES string of the molecule is COc1ccc(/C=C(\C#N)C(=O)Nc2ccc(Br)cc2)c(OCc2ccc(Cl)cc2)c1. The van der Waals surface area contributed by atoms with Crippen LogP contribution in [0.4, 0.5) is 5.69 Å². The van der Waals surface area contributed by atoms with Crippen molar-refractivity contribution in [2.75, 3.05) is 12.4 Å². The maximum absolute atomic E-state index is 12.6. The van der Waals surface area contributed by atoms with E-state index in [0.717, 1.165) is 10.0 Å². The number of hydrogen-bond donors (Lipinski definition) is 1. The highest BCUT2D eigenvalue weighted by molar-refractivity contribution is 9.10. The molecule has 5 nitrogen and oxygen atoms in total. The van der Waals surface area contributed by atoms with E-state index in [0.29, 0.717) is 27.8 Å². The molecule has 31 heavy (non-hydrogen) atoms. The number of carbonyl (C=O) groups excluding carboxylic acids is 1. The summed E-state index contributed by atoms with van der Waals surface area (Å²) in [4.78, 5) is 12.6. The zero-order valence-corrected chi connectivity index (χ0v) is 18.9. The highest BCUT2D eigenvalue weighted by Gasteiger charge is 2.12. The summed E-state index contributed by atoms with van der Waals surface area (Å²) < 4.78 is 12.1. The van der Waals surface area contributed by atoms with Gasteiger partial charge in [-0.2, -0.15) is 5.26 Å². The van der Waals surface area contributed by atoms with Crippen molar-refractivity contribution in [2.24, 2.45) is 0 Å². The number of rotatable bonds is 7. The van der Waals surface area contributed by atoms with Gasteiger partial charge in [0.1, 0.15) is 29.7 Å². The lowest BCUT2D eigenvalue weighted by molar-refractivity contribution is -0.112. The molecular weight excluding hydrogens is 480 g/mol. The fraction of sp³-hybridized carbons (Fsp3) is 0.0833. The monoisotopic (exact) mass is 496 g/mol. The predicted molar refractivity (Wildman–Crippen MR) is 125 cm³/mol. The van der Waals surface area contributed by atoms with Gasteiger partial charge in [0.15, 0.2) is 0 Å². The predicted octanol–water partition coefficient (Wildman–Crippen LogP) is 6.24. The quantitative estimate of drug-likeness (QED) is 0.310. The number of hydrogen-bond acceptors (Lipinski definition) is 4. The molecule has 0 aromatic heterocycles. The molecule has 3 aromatic carbocycles. The maximum Gasteiger partial charge on any atom is 0.266 e. The normalized spacial score (nSPS) is 10.8. The largest absolute Gasteiger partial charge is 0.497 e. The Labute approximate surface area is 194 Å². The van der Waals surface area contributed by atoms with E-state index in [1.165, 1.54) is 6.08 Å². The summed E-state index contributed by atoms with van der Waals surface area (Å²) in [6.45, 7) is 0.290. The maximum atomic E-state index is 12.6. The van der Waals surface area contributed by atoms with Crippen molar-refractivity contribution < 1.29 is 14.3 Å². The zero-order chi connectivity index (χ0) is 22.2. The minimum atomic E-state index is -0.510. The van der Waals surface area contributed by atoms with E-state index in [1.54, 1.807) is 61.7 Å². The van der Waals surface area contributed by atoms with Gasteiger partial charge in [-0.3, -0.25) is 4.79 Å². The topological polar surface area (TPSA) is 71.3 Å². The van der Waals surface area contributed by atoms with Crippen LogP contribution < -0.4 is 14.8 Å². The third-order valence-corrected chi connectivity index (χ3v) is 5.08. The molecule has 0 fully saturated rings. The van der Waals surface area contributed by atoms with Crippen molar-refractivity contribution >= 4 is 45.2 Å². The second-order valence-electron chi connectivity index (χ2n) is 6.45. The molecule has 0 atom stereocenters. The van der Waals surface area contributed by atoms with E-state index >= 15 is 0 Å². The molecule has 0 aliphatic carbocycles. The minimum Gasteiger partial charge on any atom is -0.497 e. The Bertz CT molecular complexity index is 1140. The summed E-state index contributed by atoms with van der Waals surface area (Å²) in [6.07, 6.45) is 1.49. The van der Waals surface area contributed by atoms with Crippen LogP contribution in [0.25, 0.3) is 6.08 Å². The van der Waals surface area contributed by atoms with E-state index in [-0.39, 0.29) is 12.2 Å². The fourth-order valence-electron chi connectivity index (χ4n) is 2.66. The highest BCUT2D eigenvalue weighted by Crippen LogP contribution is 2.28. The van der Waals surface area contributed by atoms with Crippen molar-refractivity contribution in [1.29, 1.82) is 5.26 Å². The Morgan fingerprint density at radius 2 is 1.84 bits per heavy atom. The molecule has 0 saturated carbocycles. The van der Waals surface area contributed by atoms with Crippen LogP contribution in [0.2, 0.25) is 5.02 Å². The first-order valence-corrected chi connectivity index (χ1v) is 10.4. The van der Waals surface area contributed by atoms with Crippen molar-refractivity contribution in [3.63, 3.8) is 0 Å². The summed E-state index contributed by atoms with van der Waals surface area (Å²) in [5.74, 6) is 0.573. The van der Waals surface area contributed by atoms with Crippen LogP contribution >= 0.6 is 27.5 Å². The Morgan fingerprint density at radius 3 is 2.48 bits per heavy atom. The number of amides is 1. The lowest BCUT2D eigenvalue weighted by atomic mass is 10.1. The van der Waals surface area contributed by atoms with Gasteiger partial charge in [0, 0.05) is 26.8 Å². The number of nitrogens with one attached hydrogen (secondary N) is 1. The lowest BCUT2D eigenvalue weighted by Gasteiger charge is -2.12. The Morgan fingerprint density at radius 1 is 1.13 bits per heavy atom. The van der Waals surface area contributed by atoms with Gasteiger partial charge in [0.05, 0.1) is 7.11 Å². The molecule has 0 radical (unpaired) electrons. The Balaban J connectivity index is 1.83. The Hall–Kier alpha value is -3.27. The molecule has 0 heterocycles. The molecule has 1 N–H and O–H groups in total. The van der Waals surface area contributed by atoms with Crippen molar-refractivity contribution in [3.05, 3.63) is 92.9 Å². The molecule has 0 unspecified atom stereocenters. The smallest absolute Gasteiger partial charge is 0.266 e. The van der Waals surface area contributed by atoms with Gasteiger partial charge in [-0.25, -0.2) is 0 Å². The summed E-state index contributed by atoms with van der Waals surface area (Å²) in [5, 5.41) is 12.9. The molecule has 0 spiro atoms. The first-order chi connectivity index (χ1) is 15.0. The molecule has 0 aliphatic heterocycles. The van der Waals surface area contributed by atoms with Crippen LogP contribution in [-0.2, 0) is 11.4 Å². The van der Waals surface area contributed by atoms with Gasteiger partial charge < -0.3 is 14.8 Å². The van der Waals surface area contributed by atoms with Crippen molar-refractivity contribution in [2.45, 2.75) is 6.61 Å². The Kier molecular flexibility index (Phi) is 7.71. The molecule has 0 saturated heterocycles. The van der Waals surface area contributed by atoms with E-state index in [1.807, 2.05) is 18.2 Å². The number of anilines is 1.